The summed E-state index contributed by atoms with van der Waals surface area (Å²) >= 11 is -3.26. The molecule has 0 rings (SSSR count). The first-order valence-corrected chi connectivity index (χ1v) is 2.82. The van der Waals surface area contributed by atoms with E-state index in [1.54, 1.807) is 0 Å². The molecule has 0 fully saturated rings. The molecule has 0 heterocycles. The van der Waals surface area contributed by atoms with E-state index in [0.717, 1.165) is 0 Å². The van der Waals surface area contributed by atoms with Gasteiger partial charge in [0.1, 0.15) is 0 Å². The summed E-state index contributed by atoms with van der Waals surface area (Å²) in [5, 5.41) is 0. The molecule has 1 atom stereocenters. The summed E-state index contributed by atoms with van der Waals surface area (Å²) in [5.74, 6) is 0. The van der Waals surface area contributed by atoms with Crippen molar-refractivity contribution in [2.45, 2.75) is 5.51 Å². The van der Waals surface area contributed by atoms with Crippen molar-refractivity contribution in [1.82, 2.24) is 0 Å². The van der Waals surface area contributed by atoms with Crippen LogP contribution in [0.1, 0.15) is 0 Å². The highest BCUT2D eigenvalue weighted by molar-refractivity contribution is 7.81. The van der Waals surface area contributed by atoms with Crippen molar-refractivity contribution in [2.75, 3.05) is 0 Å². The summed E-state index contributed by atoms with van der Waals surface area (Å²) < 4.78 is 46.8. The average molecular weight is 160 g/mol. The maximum absolute atomic E-state index is 11.2. The fourth-order valence-corrected chi connectivity index (χ4v) is 0.349. The van der Waals surface area contributed by atoms with E-state index in [0.29, 0.717) is 6.26 Å². The first kappa shape index (κ1) is 8.48. The number of rotatable bonds is 2. The maximum Gasteiger partial charge on any atom is 0.508 e. The van der Waals surface area contributed by atoms with Crippen LogP contribution in [0.4, 0.5) is 13.2 Å². The van der Waals surface area contributed by atoms with Crippen LogP contribution in [0, 0.1) is 0 Å². The Hall–Kier alpha value is -0.520. The molecular formula is C3H3F3O2S. The van der Waals surface area contributed by atoms with E-state index in [9.17, 15) is 17.4 Å². The van der Waals surface area contributed by atoms with Gasteiger partial charge in [-0.1, -0.05) is 6.58 Å². The molecule has 1 unspecified atom stereocenters. The smallest absolute Gasteiger partial charge is 0.403 e. The molecule has 54 valence electrons. The molecule has 0 radical (unpaired) electrons. The SMILES string of the molecule is C=COS(=O)C(F)(F)F. The van der Waals surface area contributed by atoms with E-state index >= 15 is 0 Å². The van der Waals surface area contributed by atoms with Crippen LogP contribution < -0.4 is 0 Å². The zero-order chi connectivity index (χ0) is 7.49. The largest absolute Gasteiger partial charge is 0.508 e. The first-order chi connectivity index (χ1) is 3.98. The van der Waals surface area contributed by atoms with Gasteiger partial charge in [0.25, 0.3) is 0 Å². The highest BCUT2D eigenvalue weighted by Crippen LogP contribution is 2.20. The first-order valence-electron chi connectivity index (χ1n) is 1.75. The van der Waals surface area contributed by atoms with Crippen LogP contribution in [0.2, 0.25) is 0 Å². The van der Waals surface area contributed by atoms with Crippen molar-refractivity contribution in [1.29, 1.82) is 0 Å². The molecule has 9 heavy (non-hydrogen) atoms. The molecule has 0 saturated heterocycles. The molecule has 0 N–H and O–H groups in total. The van der Waals surface area contributed by atoms with Gasteiger partial charge in [0, 0.05) is 0 Å². The third-order valence-corrected chi connectivity index (χ3v) is 1.03. The van der Waals surface area contributed by atoms with Crippen LogP contribution >= 0.6 is 0 Å². The molecular weight excluding hydrogens is 157 g/mol. The quantitative estimate of drug-likeness (QED) is 0.569. The molecule has 0 aromatic carbocycles. The van der Waals surface area contributed by atoms with Crippen molar-refractivity contribution in [3.05, 3.63) is 12.8 Å². The van der Waals surface area contributed by atoms with Gasteiger partial charge in [-0.25, -0.2) is 4.21 Å². The minimum Gasteiger partial charge on any atom is -0.403 e. The van der Waals surface area contributed by atoms with E-state index in [1.807, 2.05) is 0 Å². The lowest BCUT2D eigenvalue weighted by Gasteiger charge is -2.01. The van der Waals surface area contributed by atoms with Gasteiger partial charge in [0.15, 0.2) is 0 Å². The van der Waals surface area contributed by atoms with Gasteiger partial charge in [-0.15, -0.1) is 0 Å². The molecule has 0 bridgehead atoms. The third kappa shape index (κ3) is 3.12. The lowest BCUT2D eigenvalue weighted by atomic mass is 11.2. The maximum atomic E-state index is 11.2. The monoisotopic (exact) mass is 160 g/mol. The van der Waals surface area contributed by atoms with Gasteiger partial charge in [-0.2, -0.15) is 13.2 Å². The van der Waals surface area contributed by atoms with Crippen molar-refractivity contribution in [3.8, 4) is 0 Å². The van der Waals surface area contributed by atoms with Crippen LogP contribution in [-0.4, -0.2) is 9.72 Å². The van der Waals surface area contributed by atoms with Crippen LogP contribution in [0.3, 0.4) is 0 Å². The summed E-state index contributed by atoms with van der Waals surface area (Å²) in [5.41, 5.74) is -4.81. The predicted molar refractivity (Wildman–Crippen MR) is 25.5 cm³/mol. The van der Waals surface area contributed by atoms with Gasteiger partial charge in [-0.05, 0) is 0 Å². The number of hydrogen-bond acceptors (Lipinski definition) is 2. The molecule has 0 saturated carbocycles. The highest BCUT2D eigenvalue weighted by Gasteiger charge is 2.39. The Morgan fingerprint density at radius 3 is 2.11 bits per heavy atom. The zero-order valence-corrected chi connectivity index (χ0v) is 4.96. The van der Waals surface area contributed by atoms with E-state index < -0.39 is 16.6 Å². The van der Waals surface area contributed by atoms with Crippen molar-refractivity contribution in [3.63, 3.8) is 0 Å². The van der Waals surface area contributed by atoms with E-state index in [2.05, 4.69) is 10.8 Å². The lowest BCUT2D eigenvalue weighted by molar-refractivity contribution is -0.0449. The Labute approximate surface area is 52.0 Å². The normalized spacial score (nSPS) is 14.6. The Bertz CT molecular complexity index is 130. The highest BCUT2D eigenvalue weighted by atomic mass is 32.2. The van der Waals surface area contributed by atoms with Gasteiger partial charge >= 0.3 is 16.6 Å². The lowest BCUT2D eigenvalue weighted by Crippen LogP contribution is -2.16. The zero-order valence-electron chi connectivity index (χ0n) is 4.14. The molecule has 6 heteroatoms. The van der Waals surface area contributed by atoms with Crippen molar-refractivity contribution in [2.24, 2.45) is 0 Å². The summed E-state index contributed by atoms with van der Waals surface area (Å²) in [6.45, 7) is 2.80. The summed E-state index contributed by atoms with van der Waals surface area (Å²) in [6, 6.07) is 0. The molecule has 0 aliphatic carbocycles. The minimum atomic E-state index is -4.81. The van der Waals surface area contributed by atoms with E-state index in [1.165, 1.54) is 0 Å². The van der Waals surface area contributed by atoms with E-state index in [-0.39, 0.29) is 0 Å². The molecule has 0 spiro atoms. The Kier molecular flexibility index (Phi) is 2.69. The number of alkyl halides is 3. The van der Waals surface area contributed by atoms with Crippen molar-refractivity contribution >= 4 is 11.1 Å². The molecule has 0 aromatic rings. The fraction of sp³-hybridized carbons (Fsp3) is 0.333. The number of halogens is 3. The number of hydrogen-bond donors (Lipinski definition) is 0. The summed E-state index contributed by atoms with van der Waals surface area (Å²) in [7, 11) is 0. The second-order valence-electron chi connectivity index (χ2n) is 0.943. The van der Waals surface area contributed by atoms with Crippen LogP contribution in [-0.2, 0) is 15.3 Å². The fourth-order valence-electron chi connectivity index (χ4n) is 0.116. The molecule has 0 aliphatic rings. The van der Waals surface area contributed by atoms with Gasteiger partial charge in [0.05, 0.1) is 6.26 Å². The van der Waals surface area contributed by atoms with Gasteiger partial charge in [0.2, 0.25) is 0 Å². The molecule has 2 nitrogen and oxygen atoms in total. The Balaban J connectivity index is 3.88. The van der Waals surface area contributed by atoms with Crippen LogP contribution in [0.25, 0.3) is 0 Å². The molecule has 0 amide bonds. The Morgan fingerprint density at radius 1 is 1.56 bits per heavy atom. The van der Waals surface area contributed by atoms with Gasteiger partial charge < -0.3 is 4.18 Å². The second-order valence-corrected chi connectivity index (χ2v) is 2.07. The predicted octanol–water partition coefficient (Wildman–Crippen LogP) is 1.33. The summed E-state index contributed by atoms with van der Waals surface area (Å²) in [4.78, 5) is 0. The topological polar surface area (TPSA) is 26.3 Å². The van der Waals surface area contributed by atoms with Crippen molar-refractivity contribution < 1.29 is 21.6 Å². The Morgan fingerprint density at radius 2 is 2.00 bits per heavy atom. The second kappa shape index (κ2) is 2.86. The summed E-state index contributed by atoms with van der Waals surface area (Å²) in [6.07, 6.45) is 0.476. The minimum absolute atomic E-state index is 0.476. The standard InChI is InChI=1S/C3H3F3O2S/c1-2-8-9(7)3(4,5)6/h2H,1H2. The average Bonchev–Trinajstić information content (AvgIpc) is 1.64. The van der Waals surface area contributed by atoms with Crippen LogP contribution in [0.15, 0.2) is 12.8 Å². The molecule has 0 aromatic heterocycles. The van der Waals surface area contributed by atoms with Crippen LogP contribution in [0.5, 0.6) is 0 Å². The molecule has 0 aliphatic heterocycles. The van der Waals surface area contributed by atoms with E-state index in [4.69, 9.17) is 0 Å². The third-order valence-electron chi connectivity index (χ3n) is 0.344. The van der Waals surface area contributed by atoms with Gasteiger partial charge in [-0.3, -0.25) is 0 Å².